The van der Waals surface area contributed by atoms with Crippen LogP contribution in [-0.2, 0) is 43.6 Å². The predicted molar refractivity (Wildman–Crippen MR) is 220 cm³/mol. The molecule has 0 heterocycles. The van der Waals surface area contributed by atoms with E-state index in [-0.39, 0.29) is 25.2 Å². The van der Waals surface area contributed by atoms with Crippen LogP contribution in [0, 0.1) is 29.1 Å². The van der Waals surface area contributed by atoms with E-state index in [0.29, 0.717) is 18.6 Å². The van der Waals surface area contributed by atoms with Crippen molar-refractivity contribution in [2.75, 3.05) is 7.11 Å². The molecule has 5 aliphatic carbocycles. The van der Waals surface area contributed by atoms with Gasteiger partial charge in [0.15, 0.2) is 0 Å². The van der Waals surface area contributed by atoms with Crippen molar-refractivity contribution in [1.29, 1.82) is 0 Å². The van der Waals surface area contributed by atoms with Gasteiger partial charge in [-0.2, -0.15) is 0 Å². The maximum atomic E-state index is 14.5. The van der Waals surface area contributed by atoms with Gasteiger partial charge in [0.25, 0.3) is 5.91 Å². The Hall–Kier alpha value is -5.05. The fraction of sp³-hybridized carbons (Fsp3) is 0.545. The molecular weight excluding hydrogens is 775 g/mol. The molecule has 15 heteroatoms. The summed E-state index contributed by atoms with van der Waals surface area (Å²) in [6.07, 6.45) is 6.33. The van der Waals surface area contributed by atoms with Crippen molar-refractivity contribution in [2.24, 2.45) is 34.2 Å². The SMILES string of the molecule is C=C[C@@H]1C[C@]1(NC(=O)[C@@H]1C[C@@H](ON=C2c3ccccc3-c3ccccc32)C[C@H]1C(=O)N[C@@H](C(=O)N[C@@H](C(=O)OC)C1CCCCC1)C(C)(C)C)C(=O)NS(=O)(=O)C1CC1. The van der Waals surface area contributed by atoms with Crippen LogP contribution >= 0.6 is 0 Å². The van der Waals surface area contributed by atoms with Gasteiger partial charge in [0.2, 0.25) is 27.7 Å². The van der Waals surface area contributed by atoms with Crippen molar-refractivity contribution in [3.05, 3.63) is 72.3 Å². The molecule has 2 aromatic rings. The lowest BCUT2D eigenvalue weighted by Crippen LogP contribution is -2.59. The Labute approximate surface area is 345 Å². The van der Waals surface area contributed by atoms with Crippen molar-refractivity contribution < 1.29 is 42.0 Å². The smallest absolute Gasteiger partial charge is 0.328 e. The summed E-state index contributed by atoms with van der Waals surface area (Å²) in [5.74, 6) is -5.89. The molecule has 4 fully saturated rings. The third-order valence-corrected chi connectivity index (χ3v) is 14.5. The van der Waals surface area contributed by atoms with Crippen LogP contribution in [0.3, 0.4) is 0 Å². The number of oxime groups is 1. The van der Waals surface area contributed by atoms with Crippen LogP contribution in [0.1, 0.15) is 96.1 Å². The van der Waals surface area contributed by atoms with E-state index in [1.54, 1.807) is 20.8 Å². The number of methoxy groups -OCH3 is 1. The molecule has 7 atom stereocenters. The second kappa shape index (κ2) is 16.5. The number of fused-ring (bicyclic) bond motifs is 3. The number of amides is 4. The van der Waals surface area contributed by atoms with Gasteiger partial charge in [-0.3, -0.25) is 23.9 Å². The summed E-state index contributed by atoms with van der Waals surface area (Å²) in [7, 11) is -2.63. The average molecular weight is 830 g/mol. The fourth-order valence-electron chi connectivity index (χ4n) is 9.03. The minimum atomic E-state index is -3.92. The molecule has 7 rings (SSSR count). The van der Waals surface area contributed by atoms with Crippen LogP contribution in [0.15, 0.2) is 66.3 Å². The van der Waals surface area contributed by atoms with Crippen LogP contribution in [0.25, 0.3) is 11.1 Å². The van der Waals surface area contributed by atoms with Crippen LogP contribution in [0.5, 0.6) is 0 Å². The number of hydrogen-bond acceptors (Lipinski definition) is 10. The molecule has 0 bridgehead atoms. The lowest BCUT2D eigenvalue weighted by atomic mass is 9.82. The van der Waals surface area contributed by atoms with Crippen LogP contribution in [0.4, 0.5) is 0 Å². The highest BCUT2D eigenvalue weighted by molar-refractivity contribution is 7.91. The Kier molecular flexibility index (Phi) is 11.8. The number of benzene rings is 2. The lowest BCUT2D eigenvalue weighted by molar-refractivity contribution is -0.148. The van der Waals surface area contributed by atoms with E-state index in [2.05, 4.69) is 32.4 Å². The fourth-order valence-corrected chi connectivity index (χ4v) is 10.4. The third kappa shape index (κ3) is 8.66. The standard InChI is InChI=1S/C44H55N5O9S/c1-6-26-24-44(26,42(54)49-59(55,56)28-20-21-28)47-39(51)34-23-27(58-48-36-31-18-12-10-16-29(31)30-17-11-13-19-32(30)36)22-33(34)38(50)46-37(43(2,3)4)40(52)45-35(41(53)57-5)25-14-8-7-9-15-25/h6,10-13,16-19,25-28,33-35,37H,1,7-9,14-15,20-24H2,2-5H3,(H,45,52)(H,46,50)(H,47,51)(H,49,54)/t26-,27+,33-,34-,35-,37+,44-/m1/s1. The normalized spacial score (nSPS) is 25.9. The zero-order chi connectivity index (χ0) is 42.3. The second-order valence-corrected chi connectivity index (χ2v) is 19.8. The van der Waals surface area contributed by atoms with Crippen molar-refractivity contribution in [3.8, 4) is 11.1 Å². The lowest BCUT2D eigenvalue weighted by Gasteiger charge is -2.35. The monoisotopic (exact) mass is 829 g/mol. The Morgan fingerprint density at radius 3 is 1.95 bits per heavy atom. The van der Waals surface area contributed by atoms with Crippen molar-refractivity contribution in [2.45, 2.75) is 114 Å². The number of esters is 1. The molecule has 59 heavy (non-hydrogen) atoms. The van der Waals surface area contributed by atoms with E-state index in [1.165, 1.54) is 13.2 Å². The zero-order valence-electron chi connectivity index (χ0n) is 34.1. The number of nitrogens with zero attached hydrogens (tertiary/aromatic N) is 1. The van der Waals surface area contributed by atoms with Gasteiger partial charge in [-0.1, -0.05) is 99.8 Å². The van der Waals surface area contributed by atoms with E-state index in [0.717, 1.165) is 54.4 Å². The highest BCUT2D eigenvalue weighted by Crippen LogP contribution is 2.47. The molecule has 0 aliphatic heterocycles. The first-order valence-corrected chi connectivity index (χ1v) is 22.2. The van der Waals surface area contributed by atoms with Gasteiger partial charge in [-0.25, -0.2) is 13.2 Å². The molecule has 4 N–H and O–H groups in total. The Morgan fingerprint density at radius 2 is 1.42 bits per heavy atom. The molecular formula is C44H55N5O9S. The molecule has 4 saturated carbocycles. The number of carbonyl (C=O) groups is 5. The van der Waals surface area contributed by atoms with Gasteiger partial charge in [0.1, 0.15) is 29.4 Å². The third-order valence-electron chi connectivity index (χ3n) is 12.7. The number of ether oxygens (including phenoxy) is 1. The number of carbonyl (C=O) groups excluding carboxylic acids is 5. The largest absolute Gasteiger partial charge is 0.467 e. The summed E-state index contributed by atoms with van der Waals surface area (Å²) in [4.78, 5) is 75.7. The zero-order valence-corrected chi connectivity index (χ0v) is 34.9. The second-order valence-electron chi connectivity index (χ2n) is 17.8. The summed E-state index contributed by atoms with van der Waals surface area (Å²) in [5.41, 5.74) is 2.00. The molecule has 0 unspecified atom stereocenters. The van der Waals surface area contributed by atoms with Crippen molar-refractivity contribution >= 4 is 45.3 Å². The van der Waals surface area contributed by atoms with E-state index in [1.807, 2.05) is 48.5 Å². The molecule has 4 amide bonds. The van der Waals surface area contributed by atoms with E-state index in [9.17, 15) is 32.4 Å². The van der Waals surface area contributed by atoms with Crippen LogP contribution < -0.4 is 20.7 Å². The molecule has 14 nitrogen and oxygen atoms in total. The molecule has 0 radical (unpaired) electrons. The van der Waals surface area contributed by atoms with E-state index in [4.69, 9.17) is 9.57 Å². The summed E-state index contributed by atoms with van der Waals surface area (Å²) in [5, 5.41) is 12.6. The van der Waals surface area contributed by atoms with Gasteiger partial charge in [0, 0.05) is 17.0 Å². The first-order valence-electron chi connectivity index (χ1n) is 20.7. The number of sulfonamides is 1. The Morgan fingerprint density at radius 1 is 0.847 bits per heavy atom. The molecule has 5 aliphatic rings. The highest BCUT2D eigenvalue weighted by Gasteiger charge is 2.62. The summed E-state index contributed by atoms with van der Waals surface area (Å²) < 4.78 is 32.8. The summed E-state index contributed by atoms with van der Waals surface area (Å²) in [6, 6.07) is 13.7. The molecule has 316 valence electrons. The van der Waals surface area contributed by atoms with E-state index >= 15 is 0 Å². The van der Waals surface area contributed by atoms with E-state index < -0.39 is 91.8 Å². The first-order chi connectivity index (χ1) is 28.1. The Bertz CT molecular complexity index is 2110. The topological polar surface area (TPSA) is 198 Å². The van der Waals surface area contributed by atoms with Crippen LogP contribution in [0.2, 0.25) is 0 Å². The summed E-state index contributed by atoms with van der Waals surface area (Å²) >= 11 is 0. The molecule has 0 spiro atoms. The first kappa shape index (κ1) is 42.1. The predicted octanol–water partition coefficient (Wildman–Crippen LogP) is 4.27. The van der Waals surface area contributed by atoms with Gasteiger partial charge < -0.3 is 25.5 Å². The van der Waals surface area contributed by atoms with Gasteiger partial charge >= 0.3 is 5.97 Å². The molecule has 0 aromatic heterocycles. The van der Waals surface area contributed by atoms with Gasteiger partial charge in [-0.15, -0.1) is 6.58 Å². The average Bonchev–Trinajstić information content (AvgIpc) is 4.13. The quantitative estimate of drug-likeness (QED) is 0.104. The maximum Gasteiger partial charge on any atom is 0.328 e. The van der Waals surface area contributed by atoms with Crippen molar-refractivity contribution in [1.82, 2.24) is 20.7 Å². The van der Waals surface area contributed by atoms with Crippen LogP contribution in [-0.4, -0.2) is 79.8 Å². The molecule has 0 saturated heterocycles. The van der Waals surface area contributed by atoms with Crippen molar-refractivity contribution in [3.63, 3.8) is 0 Å². The number of hydrogen-bond donors (Lipinski definition) is 4. The number of nitrogens with one attached hydrogen (secondary N) is 4. The molecule has 2 aromatic carbocycles. The Balaban J connectivity index is 1.15. The minimum Gasteiger partial charge on any atom is -0.467 e. The minimum absolute atomic E-state index is 0.0410. The maximum absolute atomic E-state index is 14.5. The summed E-state index contributed by atoms with van der Waals surface area (Å²) in [6.45, 7) is 9.18. The number of rotatable bonds is 14. The van der Waals surface area contributed by atoms with Gasteiger partial charge in [0.05, 0.1) is 24.2 Å². The van der Waals surface area contributed by atoms with Gasteiger partial charge in [-0.05, 0) is 67.4 Å². The highest BCUT2D eigenvalue weighted by atomic mass is 32.2.